The molecule has 2 N–H and O–H groups in total. The molecule has 0 unspecified atom stereocenters. The number of carbonyl (C=O) groups is 2. The third kappa shape index (κ3) is 2.64. The molecule has 0 radical (unpaired) electrons. The molecule has 0 saturated carbocycles. The van der Waals surface area contributed by atoms with E-state index in [1.54, 1.807) is 45.0 Å². The van der Waals surface area contributed by atoms with E-state index in [0.29, 0.717) is 11.4 Å². The number of benzene rings is 1. The van der Waals surface area contributed by atoms with Crippen LogP contribution >= 0.6 is 0 Å². The monoisotopic (exact) mass is 304 g/mol. The van der Waals surface area contributed by atoms with Crippen LogP contribution in [0.3, 0.4) is 0 Å². The van der Waals surface area contributed by atoms with Crippen molar-refractivity contribution in [2.75, 3.05) is 10.2 Å². The van der Waals surface area contributed by atoms with E-state index in [2.05, 4.69) is 11.9 Å². The van der Waals surface area contributed by atoms with Gasteiger partial charge < -0.3 is 15.2 Å². The number of para-hydroxylation sites is 2. The maximum atomic E-state index is 12.6. The summed E-state index contributed by atoms with van der Waals surface area (Å²) in [4.78, 5) is 25.6. The van der Waals surface area contributed by atoms with E-state index >= 15 is 0 Å². The van der Waals surface area contributed by atoms with Gasteiger partial charge in [-0.05, 0) is 32.9 Å². The number of rotatable bonds is 3. The van der Waals surface area contributed by atoms with Crippen molar-refractivity contribution in [1.29, 1.82) is 0 Å². The highest BCUT2D eigenvalue weighted by atomic mass is 16.6. The van der Waals surface area contributed by atoms with Gasteiger partial charge in [-0.2, -0.15) is 0 Å². The second-order valence-electron chi connectivity index (χ2n) is 6.12. The van der Waals surface area contributed by atoms with E-state index in [-0.39, 0.29) is 6.42 Å². The lowest BCUT2D eigenvalue weighted by Gasteiger charge is -2.35. The van der Waals surface area contributed by atoms with Gasteiger partial charge in [0.25, 0.3) is 0 Å². The maximum Gasteiger partial charge on any atom is 0.417 e. The normalized spacial score (nSPS) is 20.0. The van der Waals surface area contributed by atoms with Gasteiger partial charge in [-0.3, -0.25) is 0 Å². The van der Waals surface area contributed by atoms with Crippen LogP contribution < -0.4 is 10.2 Å². The topological polar surface area (TPSA) is 78.9 Å². The van der Waals surface area contributed by atoms with Crippen LogP contribution in [0.2, 0.25) is 0 Å². The summed E-state index contributed by atoms with van der Waals surface area (Å²) < 4.78 is 5.38. The second-order valence-corrected chi connectivity index (χ2v) is 6.12. The number of carboxylic acid groups (broad SMARTS) is 1. The zero-order valence-corrected chi connectivity index (χ0v) is 12.9. The molecule has 0 spiro atoms. The number of carbonyl (C=O) groups excluding carboxylic acids is 1. The highest BCUT2D eigenvalue weighted by Gasteiger charge is 2.53. The van der Waals surface area contributed by atoms with E-state index in [1.165, 1.54) is 6.08 Å². The molecule has 1 aliphatic rings. The van der Waals surface area contributed by atoms with E-state index in [4.69, 9.17) is 4.74 Å². The quantitative estimate of drug-likeness (QED) is 0.838. The first-order valence-corrected chi connectivity index (χ1v) is 6.96. The van der Waals surface area contributed by atoms with Gasteiger partial charge in [0, 0.05) is 6.42 Å². The first-order valence-electron chi connectivity index (χ1n) is 6.96. The van der Waals surface area contributed by atoms with E-state index in [0.717, 1.165) is 4.90 Å². The van der Waals surface area contributed by atoms with Gasteiger partial charge in [0.2, 0.25) is 5.66 Å². The zero-order valence-electron chi connectivity index (χ0n) is 12.9. The summed E-state index contributed by atoms with van der Waals surface area (Å²) in [6.45, 7) is 8.80. The van der Waals surface area contributed by atoms with Crippen LogP contribution in [0.5, 0.6) is 0 Å². The Balaban J connectivity index is 2.53. The molecule has 1 aromatic carbocycles. The Bertz CT molecular complexity index is 621. The number of anilines is 2. The maximum absolute atomic E-state index is 12.6. The van der Waals surface area contributed by atoms with Crippen molar-refractivity contribution in [3.8, 4) is 0 Å². The average molecular weight is 304 g/mol. The average Bonchev–Trinajstić information content (AvgIpc) is 2.72. The fourth-order valence-corrected chi connectivity index (χ4v) is 2.41. The van der Waals surface area contributed by atoms with Crippen LogP contribution in [0.4, 0.5) is 16.2 Å². The van der Waals surface area contributed by atoms with Gasteiger partial charge in [-0.25, -0.2) is 14.5 Å². The minimum atomic E-state index is -1.63. The lowest BCUT2D eigenvalue weighted by Crippen LogP contribution is -2.59. The summed E-state index contributed by atoms with van der Waals surface area (Å²) in [5.74, 6) is -1.17. The summed E-state index contributed by atoms with van der Waals surface area (Å²) in [5.41, 5.74) is -1.32. The predicted molar refractivity (Wildman–Crippen MR) is 84.0 cm³/mol. The fraction of sp³-hybridized carbons (Fsp3) is 0.375. The Labute approximate surface area is 129 Å². The number of amides is 1. The molecule has 118 valence electrons. The SMILES string of the molecule is C=CC[C@@]1(C(=O)O)Nc2ccccc2N1C(=O)OC(C)(C)C. The van der Waals surface area contributed by atoms with Crippen molar-refractivity contribution < 1.29 is 19.4 Å². The summed E-state index contributed by atoms with van der Waals surface area (Å²) in [6.07, 6.45) is 0.787. The van der Waals surface area contributed by atoms with Crippen molar-refractivity contribution in [2.24, 2.45) is 0 Å². The molecule has 1 atom stereocenters. The number of nitrogens with one attached hydrogen (secondary N) is 1. The van der Waals surface area contributed by atoms with Gasteiger partial charge >= 0.3 is 12.1 Å². The molecular formula is C16H20N2O4. The summed E-state index contributed by atoms with van der Waals surface area (Å²) in [7, 11) is 0. The molecule has 2 rings (SSSR count). The van der Waals surface area contributed by atoms with Crippen LogP contribution in [0.1, 0.15) is 27.2 Å². The third-order valence-electron chi connectivity index (χ3n) is 3.24. The summed E-state index contributed by atoms with van der Waals surface area (Å²) >= 11 is 0. The molecule has 22 heavy (non-hydrogen) atoms. The van der Waals surface area contributed by atoms with Gasteiger partial charge in [0.1, 0.15) is 5.60 Å². The van der Waals surface area contributed by atoms with Crippen LogP contribution in [-0.2, 0) is 9.53 Å². The Morgan fingerprint density at radius 2 is 2.05 bits per heavy atom. The van der Waals surface area contributed by atoms with Gasteiger partial charge in [-0.15, -0.1) is 6.58 Å². The molecule has 0 fully saturated rings. The Morgan fingerprint density at radius 3 is 2.59 bits per heavy atom. The molecule has 1 amide bonds. The number of nitrogens with zero attached hydrogens (tertiary/aromatic N) is 1. The number of fused-ring (bicyclic) bond motifs is 1. The highest BCUT2D eigenvalue weighted by molar-refractivity contribution is 6.06. The zero-order chi connectivity index (χ0) is 16.5. The van der Waals surface area contributed by atoms with E-state index in [9.17, 15) is 14.7 Å². The minimum Gasteiger partial charge on any atom is -0.478 e. The van der Waals surface area contributed by atoms with Gasteiger partial charge in [-0.1, -0.05) is 18.2 Å². The van der Waals surface area contributed by atoms with Crippen molar-refractivity contribution in [3.05, 3.63) is 36.9 Å². The minimum absolute atomic E-state index is 0.0380. The number of hydrogen-bond acceptors (Lipinski definition) is 4. The third-order valence-corrected chi connectivity index (χ3v) is 3.24. The standard InChI is InChI=1S/C16H20N2O4/c1-5-10-16(13(19)20)17-11-8-6-7-9-12(11)18(16)14(21)22-15(2,3)4/h5-9,17H,1,10H2,2-4H3,(H,19,20)/t16-/m1/s1. The van der Waals surface area contributed by atoms with Crippen molar-refractivity contribution in [3.63, 3.8) is 0 Å². The fourth-order valence-electron chi connectivity index (χ4n) is 2.41. The number of aliphatic carboxylic acids is 1. The molecule has 1 aromatic rings. The Hall–Kier alpha value is -2.50. The lowest BCUT2D eigenvalue weighted by atomic mass is 10.1. The predicted octanol–water partition coefficient (Wildman–Crippen LogP) is 3.21. The second kappa shape index (κ2) is 5.36. The van der Waals surface area contributed by atoms with E-state index in [1.807, 2.05) is 0 Å². The van der Waals surface area contributed by atoms with Crippen LogP contribution in [-0.4, -0.2) is 28.4 Å². The molecule has 6 nitrogen and oxygen atoms in total. The van der Waals surface area contributed by atoms with Crippen molar-refractivity contribution in [1.82, 2.24) is 0 Å². The molecule has 1 heterocycles. The van der Waals surface area contributed by atoms with Crippen molar-refractivity contribution >= 4 is 23.4 Å². The molecule has 1 aliphatic heterocycles. The molecule has 6 heteroatoms. The Kier molecular flexibility index (Phi) is 3.87. The first kappa shape index (κ1) is 15.9. The highest BCUT2D eigenvalue weighted by Crippen LogP contribution is 2.42. The van der Waals surface area contributed by atoms with Crippen LogP contribution in [0.25, 0.3) is 0 Å². The summed E-state index contributed by atoms with van der Waals surface area (Å²) in [6, 6.07) is 6.91. The molecule has 0 bridgehead atoms. The van der Waals surface area contributed by atoms with Crippen LogP contribution in [0.15, 0.2) is 36.9 Å². The number of carboxylic acids is 1. The largest absolute Gasteiger partial charge is 0.478 e. The van der Waals surface area contributed by atoms with Gasteiger partial charge in [0.15, 0.2) is 0 Å². The number of ether oxygens (including phenoxy) is 1. The van der Waals surface area contributed by atoms with E-state index < -0.39 is 23.3 Å². The molecule has 0 aliphatic carbocycles. The van der Waals surface area contributed by atoms with Gasteiger partial charge in [0.05, 0.1) is 11.4 Å². The van der Waals surface area contributed by atoms with Crippen molar-refractivity contribution in [2.45, 2.75) is 38.5 Å². The molecular weight excluding hydrogens is 284 g/mol. The summed E-state index contributed by atoms with van der Waals surface area (Å²) in [5, 5.41) is 12.6. The number of hydrogen-bond donors (Lipinski definition) is 2. The lowest BCUT2D eigenvalue weighted by molar-refractivity contribution is -0.142. The molecule has 0 saturated heterocycles. The Morgan fingerprint density at radius 1 is 1.41 bits per heavy atom. The smallest absolute Gasteiger partial charge is 0.417 e. The first-order chi connectivity index (χ1) is 10.2. The molecule has 0 aromatic heterocycles. The van der Waals surface area contributed by atoms with Crippen LogP contribution in [0, 0.1) is 0 Å².